The molecule has 0 bridgehead atoms. The van der Waals surface area contributed by atoms with Crippen LogP contribution in [0.3, 0.4) is 0 Å². The Labute approximate surface area is 137 Å². The number of allylic oxidation sites excluding steroid dienone is 5. The van der Waals surface area contributed by atoms with Gasteiger partial charge in [-0.3, -0.25) is 0 Å². The minimum absolute atomic E-state index is 0.124. The lowest BCUT2D eigenvalue weighted by Crippen LogP contribution is -2.59. The molecular formula is C17H22F6O. The average molecular weight is 356 g/mol. The van der Waals surface area contributed by atoms with E-state index >= 15 is 0 Å². The van der Waals surface area contributed by atoms with Crippen LogP contribution in [0.1, 0.15) is 33.1 Å². The van der Waals surface area contributed by atoms with E-state index in [2.05, 4.69) is 0 Å². The van der Waals surface area contributed by atoms with Crippen molar-refractivity contribution in [1.29, 1.82) is 0 Å². The molecule has 138 valence electrons. The molecule has 3 atom stereocenters. The highest BCUT2D eigenvalue weighted by molar-refractivity contribution is 5.16. The minimum atomic E-state index is -5.48. The summed E-state index contributed by atoms with van der Waals surface area (Å²) in [4.78, 5) is 0. The first-order valence-corrected chi connectivity index (χ1v) is 7.76. The average Bonchev–Trinajstić information content (AvgIpc) is 2.44. The second kappa shape index (κ2) is 7.76. The molecule has 0 spiro atoms. The van der Waals surface area contributed by atoms with Crippen molar-refractivity contribution in [2.45, 2.75) is 51.6 Å². The Balaban J connectivity index is 3.60. The summed E-state index contributed by atoms with van der Waals surface area (Å²) < 4.78 is 83.3. The second-order valence-corrected chi connectivity index (χ2v) is 5.94. The van der Waals surface area contributed by atoms with Crippen molar-refractivity contribution >= 4 is 0 Å². The Hall–Kier alpha value is -1.24. The molecule has 24 heavy (non-hydrogen) atoms. The van der Waals surface area contributed by atoms with Gasteiger partial charge in [0.05, 0.1) is 6.10 Å². The highest BCUT2D eigenvalue weighted by Crippen LogP contribution is 2.62. The molecule has 0 aromatic heterocycles. The Morgan fingerprint density at radius 2 is 1.58 bits per heavy atom. The Morgan fingerprint density at radius 3 is 1.96 bits per heavy atom. The summed E-state index contributed by atoms with van der Waals surface area (Å²) in [6.45, 7) is 2.95. The number of hydrogen-bond donors (Lipinski definition) is 1. The van der Waals surface area contributed by atoms with Crippen molar-refractivity contribution in [1.82, 2.24) is 0 Å². The summed E-state index contributed by atoms with van der Waals surface area (Å²) in [6, 6.07) is 0. The standard InChI is InChI=1S/C17H22F6O/c1-3-5-7-12(6-4-2)15(16(18,19)20,17(21,22)23)13-8-10-14(24)11-9-13/h3-6,8,10,12-14,24H,7,9,11H2,1-2H3/b5-3+,6-4-. The molecule has 0 amide bonds. The zero-order valence-corrected chi connectivity index (χ0v) is 13.5. The molecule has 0 aliphatic heterocycles. The van der Waals surface area contributed by atoms with E-state index in [9.17, 15) is 31.4 Å². The lowest BCUT2D eigenvalue weighted by Gasteiger charge is -2.47. The molecule has 1 rings (SSSR count). The van der Waals surface area contributed by atoms with Crippen LogP contribution in [0.5, 0.6) is 0 Å². The van der Waals surface area contributed by atoms with Gasteiger partial charge in [-0.25, -0.2) is 0 Å². The van der Waals surface area contributed by atoms with Crippen LogP contribution in [0.15, 0.2) is 36.5 Å². The molecule has 0 heterocycles. The topological polar surface area (TPSA) is 20.2 Å². The van der Waals surface area contributed by atoms with Gasteiger partial charge < -0.3 is 5.11 Å². The van der Waals surface area contributed by atoms with E-state index in [1.54, 1.807) is 6.92 Å². The summed E-state index contributed by atoms with van der Waals surface area (Å²) in [5.74, 6) is -3.55. The van der Waals surface area contributed by atoms with Gasteiger partial charge in [-0.05, 0) is 33.1 Å². The van der Waals surface area contributed by atoms with Gasteiger partial charge in [0.25, 0.3) is 0 Å². The van der Waals surface area contributed by atoms with Crippen LogP contribution >= 0.6 is 0 Å². The molecule has 7 heteroatoms. The summed E-state index contributed by atoms with van der Waals surface area (Å²) >= 11 is 0. The van der Waals surface area contributed by atoms with Crippen LogP contribution in [0.2, 0.25) is 0 Å². The number of halogens is 6. The predicted molar refractivity (Wildman–Crippen MR) is 80.1 cm³/mol. The number of aliphatic hydroxyl groups excluding tert-OH is 1. The maximum atomic E-state index is 13.9. The van der Waals surface area contributed by atoms with Gasteiger partial charge in [0.1, 0.15) is 0 Å². The van der Waals surface area contributed by atoms with Crippen LogP contribution in [0.4, 0.5) is 26.3 Å². The van der Waals surface area contributed by atoms with Crippen molar-refractivity contribution in [3.05, 3.63) is 36.5 Å². The summed E-state index contributed by atoms with van der Waals surface area (Å²) in [7, 11) is 0. The van der Waals surface area contributed by atoms with E-state index in [-0.39, 0.29) is 19.3 Å². The Kier molecular flexibility index (Phi) is 6.73. The fraction of sp³-hybridized carbons (Fsp3) is 0.647. The zero-order valence-electron chi connectivity index (χ0n) is 13.5. The van der Waals surface area contributed by atoms with Crippen molar-refractivity contribution in [2.75, 3.05) is 0 Å². The Morgan fingerprint density at radius 1 is 1.00 bits per heavy atom. The fourth-order valence-corrected chi connectivity index (χ4v) is 3.39. The van der Waals surface area contributed by atoms with Crippen molar-refractivity contribution in [3.8, 4) is 0 Å². The third kappa shape index (κ3) is 3.87. The van der Waals surface area contributed by atoms with Crippen molar-refractivity contribution < 1.29 is 31.4 Å². The predicted octanol–water partition coefficient (Wildman–Crippen LogP) is 5.58. The molecule has 1 nitrogen and oxygen atoms in total. The molecule has 0 saturated carbocycles. The molecule has 1 aliphatic rings. The number of hydrogen-bond acceptors (Lipinski definition) is 1. The van der Waals surface area contributed by atoms with E-state index in [0.29, 0.717) is 0 Å². The highest BCUT2D eigenvalue weighted by Gasteiger charge is 2.75. The van der Waals surface area contributed by atoms with E-state index in [4.69, 9.17) is 0 Å². The van der Waals surface area contributed by atoms with Crippen molar-refractivity contribution in [3.63, 3.8) is 0 Å². The molecular weight excluding hydrogens is 334 g/mol. The van der Waals surface area contributed by atoms with Gasteiger partial charge >= 0.3 is 12.4 Å². The molecule has 0 radical (unpaired) electrons. The van der Waals surface area contributed by atoms with Crippen LogP contribution in [0, 0.1) is 17.3 Å². The lowest BCUT2D eigenvalue weighted by molar-refractivity contribution is -0.368. The van der Waals surface area contributed by atoms with Gasteiger partial charge in [0, 0.05) is 11.8 Å². The summed E-state index contributed by atoms with van der Waals surface area (Å²) in [5.41, 5.74) is -3.89. The van der Waals surface area contributed by atoms with E-state index in [1.807, 2.05) is 0 Å². The molecule has 1 aliphatic carbocycles. The second-order valence-electron chi connectivity index (χ2n) is 5.94. The normalized spacial score (nSPS) is 24.9. The molecule has 0 aromatic rings. The SMILES string of the molecule is C/C=C\C(C/C=C/C)C(C1C=CC(O)CC1)(C(F)(F)F)C(F)(F)F. The van der Waals surface area contributed by atoms with Crippen molar-refractivity contribution in [2.24, 2.45) is 17.3 Å². The van der Waals surface area contributed by atoms with Crippen LogP contribution < -0.4 is 0 Å². The maximum Gasteiger partial charge on any atom is 0.404 e. The minimum Gasteiger partial charge on any atom is -0.389 e. The molecule has 0 fully saturated rings. The van der Waals surface area contributed by atoms with Crippen LogP contribution in [-0.4, -0.2) is 23.6 Å². The van der Waals surface area contributed by atoms with E-state index in [1.165, 1.54) is 25.2 Å². The third-order valence-electron chi connectivity index (χ3n) is 4.50. The molecule has 0 aromatic carbocycles. The van der Waals surface area contributed by atoms with Gasteiger partial charge in [0.15, 0.2) is 5.41 Å². The molecule has 0 saturated heterocycles. The number of rotatable bonds is 5. The first kappa shape index (κ1) is 20.8. The summed E-state index contributed by atoms with van der Waals surface area (Å²) in [6.07, 6.45) is -5.95. The number of alkyl halides is 6. The van der Waals surface area contributed by atoms with Crippen LogP contribution in [-0.2, 0) is 0 Å². The summed E-state index contributed by atoms with van der Waals surface area (Å²) in [5, 5.41) is 9.41. The first-order valence-electron chi connectivity index (χ1n) is 7.76. The zero-order chi connectivity index (χ0) is 18.6. The highest BCUT2D eigenvalue weighted by atomic mass is 19.4. The third-order valence-corrected chi connectivity index (χ3v) is 4.50. The van der Waals surface area contributed by atoms with Crippen LogP contribution in [0.25, 0.3) is 0 Å². The van der Waals surface area contributed by atoms with Gasteiger partial charge in [-0.15, -0.1) is 0 Å². The Bertz CT molecular complexity index is 472. The lowest BCUT2D eigenvalue weighted by atomic mass is 9.61. The maximum absolute atomic E-state index is 13.9. The monoisotopic (exact) mass is 356 g/mol. The van der Waals surface area contributed by atoms with E-state index in [0.717, 1.165) is 18.2 Å². The quantitative estimate of drug-likeness (QED) is 0.503. The van der Waals surface area contributed by atoms with Gasteiger partial charge in [-0.1, -0.05) is 36.5 Å². The van der Waals surface area contributed by atoms with Gasteiger partial charge in [-0.2, -0.15) is 26.3 Å². The smallest absolute Gasteiger partial charge is 0.389 e. The first-order chi connectivity index (χ1) is 11.0. The fourth-order valence-electron chi connectivity index (χ4n) is 3.39. The number of aliphatic hydroxyl groups is 1. The largest absolute Gasteiger partial charge is 0.404 e. The molecule has 3 unspecified atom stereocenters. The molecule has 1 N–H and O–H groups in total. The van der Waals surface area contributed by atoms with E-state index < -0.39 is 35.7 Å². The van der Waals surface area contributed by atoms with Gasteiger partial charge in [0.2, 0.25) is 0 Å².